The molecule has 1 aliphatic carbocycles. The first kappa shape index (κ1) is 13.3. The molecule has 20 heavy (non-hydrogen) atoms. The summed E-state index contributed by atoms with van der Waals surface area (Å²) < 4.78 is 13.2. The fraction of sp³-hybridized carbons (Fsp3) is 0.333. The van der Waals surface area contributed by atoms with Crippen LogP contribution in [-0.2, 0) is 6.42 Å². The van der Waals surface area contributed by atoms with Gasteiger partial charge in [0.25, 0.3) is 0 Å². The molecular weight excluding hydrogens is 249 g/mol. The molecule has 3 rings (SSSR count). The Kier molecular flexibility index (Phi) is 4.12. The lowest BCUT2D eigenvalue weighted by atomic mass is 9.76. The Bertz CT molecular complexity index is 546. The summed E-state index contributed by atoms with van der Waals surface area (Å²) in [5, 5.41) is 3.59. The van der Waals surface area contributed by atoms with Gasteiger partial charge in [-0.25, -0.2) is 4.39 Å². The topological polar surface area (TPSA) is 12.0 Å². The minimum atomic E-state index is -0.122. The van der Waals surface area contributed by atoms with Crippen molar-refractivity contribution in [1.82, 2.24) is 5.32 Å². The van der Waals surface area contributed by atoms with E-state index < -0.39 is 0 Å². The molecule has 2 aromatic carbocycles. The van der Waals surface area contributed by atoms with Crippen LogP contribution in [0, 0.1) is 5.82 Å². The summed E-state index contributed by atoms with van der Waals surface area (Å²) in [6.07, 6.45) is 3.32. The van der Waals surface area contributed by atoms with Crippen molar-refractivity contribution in [3.05, 3.63) is 71.5 Å². The van der Waals surface area contributed by atoms with Crippen molar-refractivity contribution in [3.63, 3.8) is 0 Å². The van der Waals surface area contributed by atoms with Crippen LogP contribution in [0.1, 0.15) is 29.9 Å². The molecule has 1 N–H and O–H groups in total. The van der Waals surface area contributed by atoms with Crippen LogP contribution in [0.15, 0.2) is 54.6 Å². The van der Waals surface area contributed by atoms with Crippen molar-refractivity contribution >= 4 is 0 Å². The van der Waals surface area contributed by atoms with Crippen molar-refractivity contribution in [1.29, 1.82) is 0 Å². The Morgan fingerprint density at radius 2 is 1.80 bits per heavy atom. The second kappa shape index (κ2) is 6.19. The molecule has 0 unspecified atom stereocenters. The number of nitrogens with one attached hydrogen (secondary N) is 1. The second-order valence-corrected chi connectivity index (χ2v) is 5.61. The van der Waals surface area contributed by atoms with Crippen LogP contribution >= 0.6 is 0 Å². The van der Waals surface area contributed by atoms with Crippen molar-refractivity contribution in [2.24, 2.45) is 0 Å². The smallest absolute Gasteiger partial charge is 0.123 e. The van der Waals surface area contributed by atoms with Gasteiger partial charge in [0.2, 0.25) is 0 Å². The lowest BCUT2D eigenvalue weighted by Crippen LogP contribution is -2.40. The fourth-order valence-corrected chi connectivity index (χ4v) is 2.88. The Labute approximate surface area is 119 Å². The number of hydrogen-bond acceptors (Lipinski definition) is 1. The minimum absolute atomic E-state index is 0.122. The summed E-state index contributed by atoms with van der Waals surface area (Å²) in [7, 11) is 0. The van der Waals surface area contributed by atoms with Gasteiger partial charge in [-0.15, -0.1) is 0 Å². The third-order valence-corrected chi connectivity index (χ3v) is 4.15. The van der Waals surface area contributed by atoms with Gasteiger partial charge in [-0.3, -0.25) is 0 Å². The second-order valence-electron chi connectivity index (χ2n) is 5.61. The molecule has 1 aliphatic rings. The quantitative estimate of drug-likeness (QED) is 0.868. The van der Waals surface area contributed by atoms with Gasteiger partial charge in [0, 0.05) is 6.04 Å². The Morgan fingerprint density at radius 3 is 2.55 bits per heavy atom. The monoisotopic (exact) mass is 269 g/mol. The molecule has 2 aromatic rings. The SMILES string of the molecule is Fc1cccc(C2CC(NCCc3ccccc3)C2)c1. The molecule has 1 nitrogen and oxygen atoms in total. The van der Waals surface area contributed by atoms with E-state index in [-0.39, 0.29) is 5.82 Å². The van der Waals surface area contributed by atoms with E-state index in [4.69, 9.17) is 0 Å². The van der Waals surface area contributed by atoms with Crippen LogP contribution in [0.5, 0.6) is 0 Å². The molecule has 2 heteroatoms. The maximum absolute atomic E-state index is 13.2. The maximum Gasteiger partial charge on any atom is 0.123 e. The molecule has 0 bridgehead atoms. The first-order valence-electron chi connectivity index (χ1n) is 7.34. The molecule has 0 saturated heterocycles. The number of rotatable bonds is 5. The zero-order valence-electron chi connectivity index (χ0n) is 11.6. The van der Waals surface area contributed by atoms with E-state index in [1.165, 1.54) is 11.6 Å². The van der Waals surface area contributed by atoms with E-state index >= 15 is 0 Å². The Hall–Kier alpha value is -1.67. The predicted molar refractivity (Wildman–Crippen MR) is 80.3 cm³/mol. The number of hydrogen-bond donors (Lipinski definition) is 1. The summed E-state index contributed by atoms with van der Waals surface area (Å²) in [5.74, 6) is 0.405. The van der Waals surface area contributed by atoms with Crippen molar-refractivity contribution in [3.8, 4) is 0 Å². The lowest BCUT2D eigenvalue weighted by Gasteiger charge is -2.36. The van der Waals surface area contributed by atoms with E-state index in [1.807, 2.05) is 12.1 Å². The van der Waals surface area contributed by atoms with Gasteiger partial charge >= 0.3 is 0 Å². The molecule has 0 spiro atoms. The van der Waals surface area contributed by atoms with Crippen LogP contribution in [0.2, 0.25) is 0 Å². The van der Waals surface area contributed by atoms with Crippen molar-refractivity contribution in [2.75, 3.05) is 6.54 Å². The molecule has 0 atom stereocenters. The first-order valence-corrected chi connectivity index (χ1v) is 7.34. The van der Waals surface area contributed by atoms with Crippen molar-refractivity contribution in [2.45, 2.75) is 31.2 Å². The third kappa shape index (κ3) is 3.26. The van der Waals surface area contributed by atoms with E-state index in [2.05, 4.69) is 29.6 Å². The van der Waals surface area contributed by atoms with Gasteiger partial charge in [0.05, 0.1) is 0 Å². The lowest BCUT2D eigenvalue weighted by molar-refractivity contribution is 0.292. The first-order chi connectivity index (χ1) is 9.81. The highest BCUT2D eigenvalue weighted by Crippen LogP contribution is 2.36. The summed E-state index contributed by atoms with van der Waals surface area (Å²) in [6, 6.07) is 18.2. The van der Waals surface area contributed by atoms with Gasteiger partial charge in [-0.1, -0.05) is 42.5 Å². The molecule has 0 amide bonds. The van der Waals surface area contributed by atoms with Crippen LogP contribution in [0.25, 0.3) is 0 Å². The van der Waals surface area contributed by atoms with E-state index in [1.54, 1.807) is 12.1 Å². The van der Waals surface area contributed by atoms with Crippen LogP contribution in [-0.4, -0.2) is 12.6 Å². The zero-order valence-corrected chi connectivity index (χ0v) is 11.6. The van der Waals surface area contributed by atoms with E-state index in [0.717, 1.165) is 31.4 Å². The highest BCUT2D eigenvalue weighted by atomic mass is 19.1. The molecule has 1 saturated carbocycles. The normalized spacial score (nSPS) is 21.4. The third-order valence-electron chi connectivity index (χ3n) is 4.15. The van der Waals surface area contributed by atoms with Gasteiger partial charge in [-0.2, -0.15) is 0 Å². The summed E-state index contributed by atoms with van der Waals surface area (Å²) in [5.41, 5.74) is 2.52. The van der Waals surface area contributed by atoms with Gasteiger partial charge in [0.15, 0.2) is 0 Å². The Balaban J connectivity index is 1.40. The van der Waals surface area contributed by atoms with E-state index in [9.17, 15) is 4.39 Å². The minimum Gasteiger partial charge on any atom is -0.314 e. The highest BCUT2D eigenvalue weighted by Gasteiger charge is 2.29. The van der Waals surface area contributed by atoms with E-state index in [0.29, 0.717) is 12.0 Å². The molecular formula is C18H20FN. The van der Waals surface area contributed by atoms with Crippen LogP contribution in [0.4, 0.5) is 4.39 Å². The average molecular weight is 269 g/mol. The molecule has 0 radical (unpaired) electrons. The van der Waals surface area contributed by atoms with Gasteiger partial charge in [0.1, 0.15) is 5.82 Å². The van der Waals surface area contributed by atoms with Crippen LogP contribution < -0.4 is 5.32 Å². The fourth-order valence-electron chi connectivity index (χ4n) is 2.88. The Morgan fingerprint density at radius 1 is 1.00 bits per heavy atom. The van der Waals surface area contributed by atoms with Crippen molar-refractivity contribution < 1.29 is 4.39 Å². The molecule has 0 aromatic heterocycles. The highest BCUT2D eigenvalue weighted by molar-refractivity contribution is 5.24. The number of benzene rings is 2. The number of halogens is 1. The largest absolute Gasteiger partial charge is 0.314 e. The average Bonchev–Trinajstić information content (AvgIpc) is 2.42. The zero-order chi connectivity index (χ0) is 13.8. The maximum atomic E-state index is 13.2. The molecule has 0 heterocycles. The van der Waals surface area contributed by atoms with Gasteiger partial charge in [-0.05, 0) is 55.0 Å². The molecule has 1 fully saturated rings. The molecule has 0 aliphatic heterocycles. The van der Waals surface area contributed by atoms with Gasteiger partial charge < -0.3 is 5.32 Å². The summed E-state index contributed by atoms with van der Waals surface area (Å²) in [4.78, 5) is 0. The standard InChI is InChI=1S/C18H20FN/c19-17-8-4-7-15(11-17)16-12-18(13-16)20-10-9-14-5-2-1-3-6-14/h1-8,11,16,18,20H,9-10,12-13H2. The predicted octanol–water partition coefficient (Wildman–Crippen LogP) is 3.90. The summed E-state index contributed by atoms with van der Waals surface area (Å²) >= 11 is 0. The molecule has 104 valence electrons. The summed E-state index contributed by atoms with van der Waals surface area (Å²) in [6.45, 7) is 1.02. The van der Waals surface area contributed by atoms with Crippen LogP contribution in [0.3, 0.4) is 0 Å².